The molecule has 0 aromatic heterocycles. The van der Waals surface area contributed by atoms with Crippen LogP contribution in [-0.2, 0) is 9.05 Å². The van der Waals surface area contributed by atoms with Crippen molar-refractivity contribution >= 4 is 48.8 Å². The van der Waals surface area contributed by atoms with E-state index in [0.29, 0.717) is 0 Å². The maximum Gasteiger partial charge on any atom is 0.264 e. The van der Waals surface area contributed by atoms with Gasteiger partial charge in [-0.25, -0.2) is 12.8 Å². The number of benzene rings is 1. The van der Waals surface area contributed by atoms with E-state index in [0.717, 1.165) is 6.07 Å². The molecule has 0 spiro atoms. The zero-order chi connectivity index (χ0) is 13.4. The molecule has 1 N–H and O–H groups in total. The van der Waals surface area contributed by atoms with Crippen molar-refractivity contribution < 1.29 is 17.6 Å². The van der Waals surface area contributed by atoms with Gasteiger partial charge in [0, 0.05) is 17.7 Å². The highest BCUT2D eigenvalue weighted by atomic mass is 35.7. The van der Waals surface area contributed by atoms with Gasteiger partial charge >= 0.3 is 0 Å². The maximum absolute atomic E-state index is 13.4. The van der Waals surface area contributed by atoms with E-state index in [1.54, 1.807) is 0 Å². The van der Waals surface area contributed by atoms with Crippen LogP contribution in [0, 0.1) is 5.82 Å². The van der Waals surface area contributed by atoms with Crippen LogP contribution < -0.4 is 5.32 Å². The molecule has 0 aliphatic carbocycles. The molecule has 4 nitrogen and oxygen atoms in total. The van der Waals surface area contributed by atoms with Crippen LogP contribution in [0.3, 0.4) is 0 Å². The van der Waals surface area contributed by atoms with Gasteiger partial charge in [-0.3, -0.25) is 4.79 Å². The molecule has 0 saturated carbocycles. The number of carbonyl (C=O) groups excluding carboxylic acids is 1. The van der Waals surface area contributed by atoms with E-state index < -0.39 is 35.7 Å². The summed E-state index contributed by atoms with van der Waals surface area (Å²) in [6, 6.07) is 0.731. The van der Waals surface area contributed by atoms with Crippen molar-refractivity contribution in [2.24, 2.45) is 0 Å². The fourth-order valence-corrected chi connectivity index (χ4v) is 3.47. The Morgan fingerprint density at radius 1 is 1.35 bits per heavy atom. The van der Waals surface area contributed by atoms with Gasteiger partial charge in [-0.15, -0.1) is 0 Å². The van der Waals surface area contributed by atoms with Crippen molar-refractivity contribution in [2.75, 3.05) is 7.05 Å². The first kappa shape index (κ1) is 14.5. The molecule has 1 aromatic carbocycles. The van der Waals surface area contributed by atoms with Crippen molar-refractivity contribution in [3.63, 3.8) is 0 Å². The van der Waals surface area contributed by atoms with E-state index in [2.05, 4.69) is 5.32 Å². The minimum Gasteiger partial charge on any atom is -0.355 e. The lowest BCUT2D eigenvalue weighted by atomic mass is 10.2. The third kappa shape index (κ3) is 2.82. The quantitative estimate of drug-likeness (QED) is 0.672. The molecule has 9 heteroatoms. The molecule has 0 heterocycles. The summed E-state index contributed by atoms with van der Waals surface area (Å²) in [5.41, 5.74) is -0.365. The van der Waals surface area contributed by atoms with Crippen LogP contribution in [0.1, 0.15) is 10.4 Å². The number of hydrogen-bond acceptors (Lipinski definition) is 3. The molecular weight excluding hydrogens is 316 g/mol. The van der Waals surface area contributed by atoms with Crippen molar-refractivity contribution in [1.29, 1.82) is 0 Å². The molecule has 0 atom stereocenters. The standard InChI is InChI=1S/C8H5Cl3FNO3S/c1-13-8(14)3-2-4(12)6(10)7(5(3)9)17(11,15)16/h2H,1H3,(H,13,14). The van der Waals surface area contributed by atoms with Crippen LogP contribution in [0.5, 0.6) is 0 Å². The second kappa shape index (κ2) is 4.97. The van der Waals surface area contributed by atoms with E-state index in [-0.39, 0.29) is 5.56 Å². The molecule has 0 bridgehead atoms. The molecule has 94 valence electrons. The predicted molar refractivity (Wildman–Crippen MR) is 62.8 cm³/mol. The van der Waals surface area contributed by atoms with Crippen molar-refractivity contribution in [3.05, 3.63) is 27.5 Å². The summed E-state index contributed by atoms with van der Waals surface area (Å²) in [7, 11) is 1.98. The SMILES string of the molecule is CNC(=O)c1cc(F)c(Cl)c(S(=O)(=O)Cl)c1Cl. The molecule has 0 aliphatic rings. The average molecular weight is 321 g/mol. The van der Waals surface area contributed by atoms with E-state index in [1.165, 1.54) is 7.05 Å². The summed E-state index contributed by atoms with van der Waals surface area (Å²) in [6.45, 7) is 0. The Hall–Kier alpha value is -0.560. The summed E-state index contributed by atoms with van der Waals surface area (Å²) in [4.78, 5) is 10.5. The van der Waals surface area contributed by atoms with Crippen LogP contribution in [0.25, 0.3) is 0 Å². The summed E-state index contributed by atoms with van der Waals surface area (Å²) in [5.74, 6) is -1.86. The molecule has 0 unspecified atom stereocenters. The Kier molecular flexibility index (Phi) is 4.24. The van der Waals surface area contributed by atoms with Crippen molar-refractivity contribution in [1.82, 2.24) is 5.32 Å². The first-order valence-corrected chi connectivity index (χ1v) is 7.11. The number of carbonyl (C=O) groups is 1. The second-order valence-electron chi connectivity index (χ2n) is 2.88. The van der Waals surface area contributed by atoms with Gasteiger partial charge in [-0.2, -0.15) is 0 Å². The normalized spacial score (nSPS) is 11.4. The Bertz CT molecular complexity index is 588. The zero-order valence-electron chi connectivity index (χ0n) is 8.22. The highest BCUT2D eigenvalue weighted by Gasteiger charge is 2.27. The summed E-state index contributed by atoms with van der Waals surface area (Å²) in [6.07, 6.45) is 0. The Labute approximate surface area is 111 Å². The highest BCUT2D eigenvalue weighted by Crippen LogP contribution is 2.36. The minimum absolute atomic E-state index is 0.365. The van der Waals surface area contributed by atoms with E-state index >= 15 is 0 Å². The minimum atomic E-state index is -4.36. The highest BCUT2D eigenvalue weighted by molar-refractivity contribution is 8.14. The lowest BCUT2D eigenvalue weighted by molar-refractivity contribution is 0.0962. The van der Waals surface area contributed by atoms with E-state index in [1.807, 2.05) is 0 Å². The lowest BCUT2D eigenvalue weighted by Gasteiger charge is -2.09. The summed E-state index contributed by atoms with van der Waals surface area (Å²) < 4.78 is 35.7. The van der Waals surface area contributed by atoms with Gasteiger partial charge in [0.25, 0.3) is 15.0 Å². The summed E-state index contributed by atoms with van der Waals surface area (Å²) in [5, 5.41) is 0.902. The Morgan fingerprint density at radius 2 is 1.88 bits per heavy atom. The van der Waals surface area contributed by atoms with Gasteiger partial charge in [0.1, 0.15) is 10.7 Å². The molecule has 1 amide bonds. The number of halogens is 4. The number of amides is 1. The topological polar surface area (TPSA) is 63.2 Å². The Balaban J connectivity index is 3.73. The van der Waals surface area contributed by atoms with Gasteiger partial charge in [0.05, 0.1) is 15.6 Å². The average Bonchev–Trinajstić information content (AvgIpc) is 2.20. The van der Waals surface area contributed by atoms with Gasteiger partial charge < -0.3 is 5.32 Å². The summed E-state index contributed by atoms with van der Waals surface area (Å²) >= 11 is 11.1. The molecule has 0 fully saturated rings. The van der Waals surface area contributed by atoms with E-state index in [9.17, 15) is 17.6 Å². The van der Waals surface area contributed by atoms with Crippen LogP contribution in [0.4, 0.5) is 4.39 Å². The number of hydrogen-bond donors (Lipinski definition) is 1. The number of rotatable bonds is 2. The fraction of sp³-hybridized carbons (Fsp3) is 0.125. The molecule has 0 saturated heterocycles. The lowest BCUT2D eigenvalue weighted by Crippen LogP contribution is -2.19. The van der Waals surface area contributed by atoms with Crippen LogP contribution in [0.2, 0.25) is 10.0 Å². The number of nitrogens with one attached hydrogen (secondary N) is 1. The Morgan fingerprint density at radius 3 is 2.29 bits per heavy atom. The molecular formula is C8H5Cl3FNO3S. The molecule has 0 radical (unpaired) electrons. The van der Waals surface area contributed by atoms with Crippen LogP contribution in [0.15, 0.2) is 11.0 Å². The van der Waals surface area contributed by atoms with Crippen molar-refractivity contribution in [2.45, 2.75) is 4.90 Å². The van der Waals surface area contributed by atoms with Gasteiger partial charge in [0.2, 0.25) is 0 Å². The van der Waals surface area contributed by atoms with Gasteiger partial charge in [-0.1, -0.05) is 23.2 Å². The first-order valence-electron chi connectivity index (χ1n) is 4.04. The van der Waals surface area contributed by atoms with Gasteiger partial charge in [-0.05, 0) is 6.07 Å². The fourth-order valence-electron chi connectivity index (χ4n) is 1.09. The van der Waals surface area contributed by atoms with Gasteiger partial charge in [0.15, 0.2) is 0 Å². The molecule has 17 heavy (non-hydrogen) atoms. The molecule has 1 rings (SSSR count). The van der Waals surface area contributed by atoms with Crippen molar-refractivity contribution in [3.8, 4) is 0 Å². The monoisotopic (exact) mass is 319 g/mol. The second-order valence-corrected chi connectivity index (χ2v) is 6.14. The smallest absolute Gasteiger partial charge is 0.264 e. The predicted octanol–water partition coefficient (Wildman–Crippen LogP) is 2.42. The van der Waals surface area contributed by atoms with E-state index in [4.69, 9.17) is 33.9 Å². The molecule has 1 aromatic rings. The first-order chi connectivity index (χ1) is 7.70. The third-order valence-electron chi connectivity index (χ3n) is 1.83. The van der Waals surface area contributed by atoms with Crippen LogP contribution in [-0.4, -0.2) is 21.4 Å². The third-order valence-corrected chi connectivity index (χ3v) is 4.18. The largest absolute Gasteiger partial charge is 0.355 e. The zero-order valence-corrected chi connectivity index (χ0v) is 11.3. The van der Waals surface area contributed by atoms with Crippen LogP contribution >= 0.6 is 33.9 Å². The molecule has 0 aliphatic heterocycles. The maximum atomic E-state index is 13.4.